The van der Waals surface area contributed by atoms with Crippen LogP contribution in [0.25, 0.3) is 0 Å². The molecule has 14 heavy (non-hydrogen) atoms. The maximum Gasteiger partial charge on any atom is 0.0610 e. The van der Waals surface area contributed by atoms with Crippen LogP contribution in [-0.2, 0) is 0 Å². The molecule has 1 aliphatic carbocycles. The van der Waals surface area contributed by atoms with E-state index >= 15 is 0 Å². The van der Waals surface area contributed by atoms with Gasteiger partial charge in [-0.05, 0) is 57.0 Å². The molecule has 2 heteroatoms. The number of aliphatic hydroxyl groups excluding tert-OH is 1. The molecular formula is C12H21NO. The highest BCUT2D eigenvalue weighted by Crippen LogP contribution is 2.60. The Kier molecular flexibility index (Phi) is 2.67. The first-order chi connectivity index (χ1) is 6.64. The minimum absolute atomic E-state index is 0.134. The van der Waals surface area contributed by atoms with Crippen LogP contribution >= 0.6 is 0 Å². The fourth-order valence-electron chi connectivity index (χ4n) is 2.92. The fraction of sp³-hybridized carbons (Fsp3) is 0.833. The Balaban J connectivity index is 1.87. The summed E-state index contributed by atoms with van der Waals surface area (Å²) in [6, 6.07) is 0. The van der Waals surface area contributed by atoms with E-state index in [-0.39, 0.29) is 6.10 Å². The van der Waals surface area contributed by atoms with Gasteiger partial charge >= 0.3 is 0 Å². The highest BCUT2D eigenvalue weighted by atomic mass is 16.3. The summed E-state index contributed by atoms with van der Waals surface area (Å²) >= 11 is 0. The van der Waals surface area contributed by atoms with Crippen molar-refractivity contribution in [3.63, 3.8) is 0 Å². The molecule has 0 bridgehead atoms. The molecule has 2 atom stereocenters. The molecule has 0 aromatic carbocycles. The Morgan fingerprint density at radius 3 is 2.79 bits per heavy atom. The standard InChI is InChI=1S/C12H21NO/c1-9(2)7-11(14)10-8-12(10)3-5-13-6-4-12/h10-11,13-14H,1,3-8H2,2H3. The summed E-state index contributed by atoms with van der Waals surface area (Å²) in [5, 5.41) is 13.4. The van der Waals surface area contributed by atoms with E-state index in [1.54, 1.807) is 0 Å². The van der Waals surface area contributed by atoms with Crippen molar-refractivity contribution in [2.24, 2.45) is 11.3 Å². The summed E-state index contributed by atoms with van der Waals surface area (Å²) in [4.78, 5) is 0. The van der Waals surface area contributed by atoms with E-state index in [1.807, 2.05) is 6.92 Å². The molecule has 0 aromatic heterocycles. The quantitative estimate of drug-likeness (QED) is 0.672. The lowest BCUT2D eigenvalue weighted by Gasteiger charge is -2.25. The van der Waals surface area contributed by atoms with Gasteiger partial charge in [-0.25, -0.2) is 0 Å². The third-order valence-electron chi connectivity index (χ3n) is 3.87. The number of piperidine rings is 1. The van der Waals surface area contributed by atoms with Crippen LogP contribution < -0.4 is 5.32 Å². The van der Waals surface area contributed by atoms with Crippen molar-refractivity contribution in [1.29, 1.82) is 0 Å². The van der Waals surface area contributed by atoms with Crippen molar-refractivity contribution in [3.05, 3.63) is 12.2 Å². The Morgan fingerprint density at radius 1 is 1.57 bits per heavy atom. The summed E-state index contributed by atoms with van der Waals surface area (Å²) in [5.41, 5.74) is 1.61. The van der Waals surface area contributed by atoms with Gasteiger partial charge in [0.2, 0.25) is 0 Å². The average molecular weight is 195 g/mol. The predicted octanol–water partition coefficient (Wildman–Crippen LogP) is 1.70. The van der Waals surface area contributed by atoms with Gasteiger partial charge in [-0.15, -0.1) is 6.58 Å². The van der Waals surface area contributed by atoms with Crippen molar-refractivity contribution >= 4 is 0 Å². The van der Waals surface area contributed by atoms with Gasteiger partial charge in [-0.3, -0.25) is 0 Å². The van der Waals surface area contributed by atoms with E-state index in [1.165, 1.54) is 19.3 Å². The highest BCUT2D eigenvalue weighted by molar-refractivity contribution is 5.09. The van der Waals surface area contributed by atoms with E-state index in [9.17, 15) is 5.11 Å². The summed E-state index contributed by atoms with van der Waals surface area (Å²) in [5.74, 6) is 0.557. The smallest absolute Gasteiger partial charge is 0.0610 e. The fourth-order valence-corrected chi connectivity index (χ4v) is 2.92. The molecule has 2 rings (SSSR count). The van der Waals surface area contributed by atoms with Crippen LogP contribution in [0.15, 0.2) is 12.2 Å². The van der Waals surface area contributed by atoms with E-state index in [2.05, 4.69) is 11.9 Å². The number of hydrogen-bond donors (Lipinski definition) is 2. The summed E-state index contributed by atoms with van der Waals surface area (Å²) < 4.78 is 0. The molecule has 0 radical (unpaired) electrons. The molecular weight excluding hydrogens is 174 g/mol. The average Bonchev–Trinajstić information content (AvgIpc) is 2.80. The molecule has 2 N–H and O–H groups in total. The van der Waals surface area contributed by atoms with Gasteiger partial charge in [-0.1, -0.05) is 5.57 Å². The first-order valence-corrected chi connectivity index (χ1v) is 5.67. The first kappa shape index (κ1) is 10.2. The van der Waals surface area contributed by atoms with Crippen molar-refractivity contribution in [2.75, 3.05) is 13.1 Å². The van der Waals surface area contributed by atoms with Crippen molar-refractivity contribution in [2.45, 2.75) is 38.7 Å². The summed E-state index contributed by atoms with van der Waals surface area (Å²) in [6.07, 6.45) is 4.41. The van der Waals surface area contributed by atoms with Crippen molar-refractivity contribution < 1.29 is 5.11 Å². The van der Waals surface area contributed by atoms with E-state index in [0.717, 1.165) is 25.1 Å². The van der Waals surface area contributed by atoms with Gasteiger partial charge in [0.25, 0.3) is 0 Å². The lowest BCUT2D eigenvalue weighted by Crippen LogP contribution is -2.31. The second kappa shape index (κ2) is 3.67. The second-order valence-corrected chi connectivity index (χ2v) is 5.15. The molecule has 80 valence electrons. The molecule has 0 amide bonds. The van der Waals surface area contributed by atoms with Gasteiger partial charge < -0.3 is 10.4 Å². The number of nitrogens with one attached hydrogen (secondary N) is 1. The summed E-state index contributed by atoms with van der Waals surface area (Å²) in [7, 11) is 0. The maximum atomic E-state index is 10.00. The summed E-state index contributed by atoms with van der Waals surface area (Å²) in [6.45, 7) is 8.14. The zero-order valence-electron chi connectivity index (χ0n) is 9.05. The molecule has 1 saturated carbocycles. The topological polar surface area (TPSA) is 32.3 Å². The first-order valence-electron chi connectivity index (χ1n) is 5.67. The molecule has 1 aliphatic heterocycles. The molecule has 1 heterocycles. The molecule has 1 spiro atoms. The Labute approximate surface area is 86.4 Å². The van der Waals surface area contributed by atoms with E-state index < -0.39 is 0 Å². The minimum atomic E-state index is -0.134. The molecule has 2 aliphatic rings. The normalized spacial score (nSPS) is 31.4. The predicted molar refractivity (Wildman–Crippen MR) is 58.1 cm³/mol. The van der Waals surface area contributed by atoms with Gasteiger partial charge in [0, 0.05) is 0 Å². The SMILES string of the molecule is C=C(C)CC(O)C1CC12CCNCC2. The second-order valence-electron chi connectivity index (χ2n) is 5.15. The highest BCUT2D eigenvalue weighted by Gasteiger charge is 2.56. The minimum Gasteiger partial charge on any atom is -0.392 e. The third kappa shape index (κ3) is 1.86. The van der Waals surface area contributed by atoms with Gasteiger partial charge in [-0.2, -0.15) is 0 Å². The zero-order valence-corrected chi connectivity index (χ0v) is 9.05. The van der Waals surface area contributed by atoms with Crippen LogP contribution in [0.3, 0.4) is 0 Å². The Hall–Kier alpha value is -0.340. The number of aliphatic hydroxyl groups is 1. The van der Waals surface area contributed by atoms with Crippen LogP contribution in [0.2, 0.25) is 0 Å². The van der Waals surface area contributed by atoms with Gasteiger partial charge in [0.1, 0.15) is 0 Å². The van der Waals surface area contributed by atoms with Crippen molar-refractivity contribution in [3.8, 4) is 0 Å². The lowest BCUT2D eigenvalue weighted by atomic mass is 9.89. The third-order valence-corrected chi connectivity index (χ3v) is 3.87. The van der Waals surface area contributed by atoms with Crippen LogP contribution in [0.5, 0.6) is 0 Å². The Morgan fingerprint density at radius 2 is 2.21 bits per heavy atom. The lowest BCUT2D eigenvalue weighted by molar-refractivity contribution is 0.123. The number of hydrogen-bond acceptors (Lipinski definition) is 2. The molecule has 1 saturated heterocycles. The molecule has 2 fully saturated rings. The van der Waals surface area contributed by atoms with E-state index in [4.69, 9.17) is 0 Å². The van der Waals surface area contributed by atoms with Crippen LogP contribution in [0.4, 0.5) is 0 Å². The van der Waals surface area contributed by atoms with Crippen LogP contribution in [0.1, 0.15) is 32.6 Å². The van der Waals surface area contributed by atoms with Crippen LogP contribution in [0, 0.1) is 11.3 Å². The van der Waals surface area contributed by atoms with Crippen LogP contribution in [-0.4, -0.2) is 24.3 Å². The van der Waals surface area contributed by atoms with Gasteiger partial charge in [0.05, 0.1) is 6.10 Å². The largest absolute Gasteiger partial charge is 0.392 e. The molecule has 0 aromatic rings. The van der Waals surface area contributed by atoms with E-state index in [0.29, 0.717) is 11.3 Å². The monoisotopic (exact) mass is 195 g/mol. The Bertz CT molecular complexity index is 230. The molecule has 2 nitrogen and oxygen atoms in total. The zero-order chi connectivity index (χ0) is 10.2. The maximum absolute atomic E-state index is 10.00. The number of rotatable bonds is 3. The molecule has 2 unspecified atom stereocenters. The van der Waals surface area contributed by atoms with Gasteiger partial charge in [0.15, 0.2) is 0 Å². The van der Waals surface area contributed by atoms with Crippen molar-refractivity contribution in [1.82, 2.24) is 5.32 Å².